The monoisotopic (exact) mass is 489 g/mol. The van der Waals surface area contributed by atoms with Gasteiger partial charge in [-0.1, -0.05) is 97.1 Å². The van der Waals surface area contributed by atoms with Gasteiger partial charge in [0.1, 0.15) is 0 Å². The van der Waals surface area contributed by atoms with Gasteiger partial charge < -0.3 is 14.6 Å². The summed E-state index contributed by atoms with van der Waals surface area (Å²) in [5.74, 6) is 0. The van der Waals surface area contributed by atoms with Crippen LogP contribution in [-0.2, 0) is 0 Å². The third kappa shape index (κ3) is 3.62. The highest BCUT2D eigenvalue weighted by Crippen LogP contribution is 2.38. The summed E-state index contributed by atoms with van der Waals surface area (Å²) in [5.41, 5.74) is 8.27. The molecule has 180 valence electrons. The fourth-order valence-electron chi connectivity index (χ4n) is 5.68. The zero-order valence-electron chi connectivity index (χ0n) is 20.6. The van der Waals surface area contributed by atoms with Crippen molar-refractivity contribution in [2.24, 2.45) is 0 Å². The Balaban J connectivity index is 1.54. The lowest BCUT2D eigenvalue weighted by Gasteiger charge is -2.12. The molecule has 0 fully saturated rings. The lowest BCUT2D eigenvalue weighted by Crippen LogP contribution is -2.30. The van der Waals surface area contributed by atoms with Gasteiger partial charge in [0.15, 0.2) is 0 Å². The lowest BCUT2D eigenvalue weighted by atomic mass is 9.75. The van der Waals surface area contributed by atoms with Gasteiger partial charge in [-0.3, -0.25) is 0 Å². The summed E-state index contributed by atoms with van der Waals surface area (Å²) in [7, 11) is -1.54. The Morgan fingerprint density at radius 1 is 0.500 bits per heavy atom. The lowest BCUT2D eigenvalue weighted by molar-refractivity contribution is 0.426. The first kappa shape index (κ1) is 22.6. The Kier molecular flexibility index (Phi) is 5.36. The molecule has 1 heterocycles. The maximum absolute atomic E-state index is 10.1. The van der Waals surface area contributed by atoms with Crippen molar-refractivity contribution in [3.05, 3.63) is 133 Å². The van der Waals surface area contributed by atoms with Crippen molar-refractivity contribution < 1.29 is 10.0 Å². The van der Waals surface area contributed by atoms with Crippen LogP contribution in [0.25, 0.3) is 60.5 Å². The molecular weight excluding hydrogens is 465 g/mol. The normalized spacial score (nSPS) is 11.4. The second-order valence-electron chi connectivity index (χ2n) is 9.63. The average molecular weight is 489 g/mol. The summed E-state index contributed by atoms with van der Waals surface area (Å²) in [6.45, 7) is 0. The molecule has 4 heteroatoms. The second kappa shape index (κ2) is 9.03. The highest BCUT2D eigenvalue weighted by molar-refractivity contribution is 6.62. The smallest absolute Gasteiger partial charge is 0.423 e. The number of hydrogen-bond donors (Lipinski definition) is 2. The zero-order chi connectivity index (χ0) is 25.6. The molecule has 0 saturated heterocycles. The van der Waals surface area contributed by atoms with Crippen molar-refractivity contribution in [1.82, 2.24) is 4.57 Å². The predicted octanol–water partition coefficient (Wildman–Crippen LogP) is 6.95. The molecule has 0 bridgehead atoms. The van der Waals surface area contributed by atoms with Gasteiger partial charge in [0.05, 0.1) is 11.0 Å². The molecule has 1 aromatic heterocycles. The van der Waals surface area contributed by atoms with E-state index in [1.54, 1.807) is 6.07 Å². The number of fused-ring (bicyclic) bond motifs is 4. The molecule has 3 nitrogen and oxygen atoms in total. The second-order valence-corrected chi connectivity index (χ2v) is 9.63. The van der Waals surface area contributed by atoms with Crippen LogP contribution in [0.5, 0.6) is 0 Å². The minimum absolute atomic E-state index is 0.510. The molecule has 0 aliphatic rings. The van der Waals surface area contributed by atoms with E-state index >= 15 is 0 Å². The number of nitrogens with zero attached hydrogens (tertiary/aromatic N) is 1. The Morgan fingerprint density at radius 3 is 1.79 bits per heavy atom. The zero-order valence-corrected chi connectivity index (χ0v) is 20.6. The summed E-state index contributed by atoms with van der Waals surface area (Å²) >= 11 is 0. The predicted molar refractivity (Wildman–Crippen MR) is 159 cm³/mol. The molecule has 0 unspecified atom stereocenters. The Morgan fingerprint density at radius 2 is 1.11 bits per heavy atom. The molecule has 6 aromatic carbocycles. The number of para-hydroxylation sites is 1. The van der Waals surface area contributed by atoms with Crippen LogP contribution < -0.4 is 5.46 Å². The molecule has 0 saturated carbocycles. The van der Waals surface area contributed by atoms with Crippen molar-refractivity contribution in [3.8, 4) is 27.9 Å². The average Bonchev–Trinajstić information content (AvgIpc) is 3.30. The van der Waals surface area contributed by atoms with Gasteiger partial charge in [0, 0.05) is 16.5 Å². The van der Waals surface area contributed by atoms with Crippen molar-refractivity contribution in [2.75, 3.05) is 0 Å². The van der Waals surface area contributed by atoms with Crippen LogP contribution in [0.15, 0.2) is 133 Å². The molecule has 0 aliphatic heterocycles. The maximum Gasteiger partial charge on any atom is 0.489 e. The van der Waals surface area contributed by atoms with E-state index in [4.69, 9.17) is 0 Å². The fourth-order valence-corrected chi connectivity index (χ4v) is 5.68. The molecule has 0 atom stereocenters. The van der Waals surface area contributed by atoms with Crippen LogP contribution >= 0.6 is 0 Å². The first-order chi connectivity index (χ1) is 18.7. The summed E-state index contributed by atoms with van der Waals surface area (Å²) in [6, 6.07) is 45.9. The van der Waals surface area contributed by atoms with E-state index in [1.165, 1.54) is 16.5 Å². The summed E-state index contributed by atoms with van der Waals surface area (Å²) < 4.78 is 2.31. The number of benzene rings is 6. The topological polar surface area (TPSA) is 45.4 Å². The summed E-state index contributed by atoms with van der Waals surface area (Å²) in [5, 5.41) is 24.4. The van der Waals surface area contributed by atoms with E-state index in [2.05, 4.69) is 95.6 Å². The van der Waals surface area contributed by atoms with Crippen LogP contribution in [0.1, 0.15) is 0 Å². The van der Waals surface area contributed by atoms with Gasteiger partial charge in [-0.2, -0.15) is 0 Å². The SMILES string of the molecule is OB(O)c1cccc2cccc(-c3ccc4c(c3)c3cc(-c5ccccc5)ccc3n4-c3ccccc3)c12. The minimum atomic E-state index is -1.54. The van der Waals surface area contributed by atoms with Crippen molar-refractivity contribution >= 4 is 45.2 Å². The summed E-state index contributed by atoms with van der Waals surface area (Å²) in [6.07, 6.45) is 0. The first-order valence-corrected chi connectivity index (χ1v) is 12.8. The molecule has 7 aromatic rings. The molecule has 2 N–H and O–H groups in total. The van der Waals surface area contributed by atoms with Crippen molar-refractivity contribution in [3.63, 3.8) is 0 Å². The highest BCUT2D eigenvalue weighted by atomic mass is 16.4. The van der Waals surface area contributed by atoms with E-state index in [-0.39, 0.29) is 0 Å². The molecule has 0 radical (unpaired) electrons. The molecule has 0 amide bonds. The molecule has 0 spiro atoms. The van der Waals surface area contributed by atoms with Gasteiger partial charge in [0.25, 0.3) is 0 Å². The Hall–Kier alpha value is -4.64. The van der Waals surface area contributed by atoms with Crippen LogP contribution in [0, 0.1) is 0 Å². The molecular formula is C34H24BNO2. The van der Waals surface area contributed by atoms with E-state index in [1.807, 2.05) is 36.4 Å². The fraction of sp³-hybridized carbons (Fsp3) is 0. The Labute approximate surface area is 221 Å². The van der Waals surface area contributed by atoms with Gasteiger partial charge in [-0.15, -0.1) is 0 Å². The van der Waals surface area contributed by atoms with Crippen molar-refractivity contribution in [2.45, 2.75) is 0 Å². The number of hydrogen-bond acceptors (Lipinski definition) is 2. The van der Waals surface area contributed by atoms with Crippen LogP contribution in [0.2, 0.25) is 0 Å². The quantitative estimate of drug-likeness (QED) is 0.263. The standard InChI is InChI=1S/C34H24BNO2/c37-35(38)31-16-8-12-24-11-7-15-28(34(24)31)26-18-20-33-30(22-26)29-21-25(23-9-3-1-4-10-23)17-19-32(29)36(33)27-13-5-2-6-14-27/h1-22,37-38H. The highest BCUT2D eigenvalue weighted by Gasteiger charge is 2.19. The molecule has 0 aliphatic carbocycles. The Bertz CT molecular complexity index is 1940. The van der Waals surface area contributed by atoms with Crippen LogP contribution in [0.4, 0.5) is 0 Å². The number of rotatable bonds is 4. The van der Waals surface area contributed by atoms with E-state index < -0.39 is 7.12 Å². The van der Waals surface area contributed by atoms with Gasteiger partial charge >= 0.3 is 7.12 Å². The van der Waals surface area contributed by atoms with Crippen molar-refractivity contribution in [1.29, 1.82) is 0 Å². The third-order valence-corrected chi connectivity index (χ3v) is 7.41. The molecule has 38 heavy (non-hydrogen) atoms. The van der Waals surface area contributed by atoms with Crippen LogP contribution in [-0.4, -0.2) is 21.7 Å². The first-order valence-electron chi connectivity index (χ1n) is 12.8. The largest absolute Gasteiger partial charge is 0.489 e. The molecule has 7 rings (SSSR count). The minimum Gasteiger partial charge on any atom is -0.423 e. The maximum atomic E-state index is 10.1. The van der Waals surface area contributed by atoms with E-state index in [0.29, 0.717) is 5.46 Å². The number of aromatic nitrogens is 1. The van der Waals surface area contributed by atoms with Crippen LogP contribution in [0.3, 0.4) is 0 Å². The summed E-state index contributed by atoms with van der Waals surface area (Å²) in [4.78, 5) is 0. The third-order valence-electron chi connectivity index (χ3n) is 7.41. The van der Waals surface area contributed by atoms with E-state index in [0.717, 1.165) is 44.0 Å². The van der Waals surface area contributed by atoms with E-state index in [9.17, 15) is 10.0 Å². The van der Waals surface area contributed by atoms with Gasteiger partial charge in [-0.25, -0.2) is 0 Å². The van der Waals surface area contributed by atoms with Gasteiger partial charge in [0.2, 0.25) is 0 Å². The van der Waals surface area contributed by atoms with Gasteiger partial charge in [-0.05, 0) is 74.9 Å².